The minimum absolute atomic E-state index is 0.355. The van der Waals surface area contributed by atoms with Gasteiger partial charge in [0.1, 0.15) is 0 Å². The highest BCUT2D eigenvalue weighted by atomic mass is 19.4. The lowest BCUT2D eigenvalue weighted by Gasteiger charge is -2.20. The van der Waals surface area contributed by atoms with Crippen LogP contribution in [0.1, 0.15) is 22.3 Å². The lowest BCUT2D eigenvalue weighted by Crippen LogP contribution is -2.11. The molecular formula is C27H19F3N2. The van der Waals surface area contributed by atoms with Gasteiger partial charge in [0.15, 0.2) is 0 Å². The molecule has 0 amide bonds. The Morgan fingerprint density at radius 1 is 0.844 bits per heavy atom. The molecule has 0 saturated carbocycles. The fourth-order valence-corrected chi connectivity index (χ4v) is 4.91. The van der Waals surface area contributed by atoms with Crippen LogP contribution >= 0.6 is 0 Å². The molecule has 32 heavy (non-hydrogen) atoms. The first-order valence-electron chi connectivity index (χ1n) is 10.6. The molecule has 0 saturated heterocycles. The quantitative estimate of drug-likeness (QED) is 0.295. The van der Waals surface area contributed by atoms with E-state index in [-0.39, 0.29) is 0 Å². The third kappa shape index (κ3) is 3.00. The van der Waals surface area contributed by atoms with Gasteiger partial charge < -0.3 is 4.57 Å². The summed E-state index contributed by atoms with van der Waals surface area (Å²) in [5.74, 6) is 0. The van der Waals surface area contributed by atoms with Crippen LogP contribution in [-0.4, -0.2) is 9.55 Å². The van der Waals surface area contributed by atoms with E-state index in [0.29, 0.717) is 12.1 Å². The van der Waals surface area contributed by atoms with Crippen LogP contribution in [-0.2, 0) is 25.6 Å². The van der Waals surface area contributed by atoms with Gasteiger partial charge in [-0.2, -0.15) is 13.2 Å². The first-order valence-corrected chi connectivity index (χ1v) is 10.6. The third-order valence-electron chi connectivity index (χ3n) is 6.34. The van der Waals surface area contributed by atoms with E-state index < -0.39 is 11.7 Å². The van der Waals surface area contributed by atoms with Crippen molar-refractivity contribution in [3.05, 3.63) is 101 Å². The molecule has 5 heteroatoms. The highest BCUT2D eigenvalue weighted by Gasteiger charge is 2.31. The summed E-state index contributed by atoms with van der Waals surface area (Å²) in [4.78, 5) is 5.01. The number of para-hydroxylation sites is 2. The Morgan fingerprint density at radius 2 is 1.66 bits per heavy atom. The van der Waals surface area contributed by atoms with Gasteiger partial charge in [0.05, 0.1) is 22.5 Å². The van der Waals surface area contributed by atoms with Crippen LogP contribution in [0.5, 0.6) is 0 Å². The second-order valence-corrected chi connectivity index (χ2v) is 8.32. The predicted octanol–water partition coefficient (Wildman–Crippen LogP) is 7.02. The van der Waals surface area contributed by atoms with Crippen LogP contribution in [0.4, 0.5) is 13.2 Å². The number of benzene rings is 3. The van der Waals surface area contributed by atoms with E-state index in [0.717, 1.165) is 52.1 Å². The standard InChI is InChI=1S/C27H19F3N2/c28-27(29,30)20-8-5-6-17(14-20)16-32-24-11-4-2-9-21(24)22-13-12-19-15-18-7-1-3-10-23(18)31-25(19)26(22)32/h1-11,14-15H,12-13,16H2. The van der Waals surface area contributed by atoms with E-state index in [1.54, 1.807) is 6.07 Å². The zero-order valence-corrected chi connectivity index (χ0v) is 17.2. The molecule has 6 rings (SSSR count). The van der Waals surface area contributed by atoms with Gasteiger partial charge in [-0.3, -0.25) is 0 Å². The molecule has 2 nitrogen and oxygen atoms in total. The SMILES string of the molecule is FC(F)(F)c1cccc(Cn2c3c(c4ccccc42)CCc2cc4ccccc4nc2-3)c1. The third-order valence-corrected chi connectivity index (χ3v) is 6.34. The van der Waals surface area contributed by atoms with E-state index in [9.17, 15) is 13.2 Å². The number of alkyl halides is 3. The normalized spacial score (nSPS) is 13.3. The molecule has 0 atom stereocenters. The van der Waals surface area contributed by atoms with Crippen LogP contribution in [0.2, 0.25) is 0 Å². The zero-order chi connectivity index (χ0) is 21.9. The minimum atomic E-state index is -4.36. The van der Waals surface area contributed by atoms with Gasteiger partial charge in [0, 0.05) is 22.8 Å². The van der Waals surface area contributed by atoms with E-state index in [4.69, 9.17) is 4.98 Å². The van der Waals surface area contributed by atoms with Crippen LogP contribution in [0, 0.1) is 0 Å². The summed E-state index contributed by atoms with van der Waals surface area (Å²) in [6, 6.07) is 24.0. The maximum atomic E-state index is 13.3. The predicted molar refractivity (Wildman–Crippen MR) is 121 cm³/mol. The Balaban J connectivity index is 1.58. The van der Waals surface area contributed by atoms with Gasteiger partial charge in [-0.15, -0.1) is 0 Å². The molecule has 2 heterocycles. The van der Waals surface area contributed by atoms with Gasteiger partial charge >= 0.3 is 6.18 Å². The van der Waals surface area contributed by atoms with Crippen molar-refractivity contribution in [2.24, 2.45) is 0 Å². The molecule has 0 radical (unpaired) electrons. The fraction of sp³-hybridized carbons (Fsp3) is 0.148. The number of hydrogen-bond acceptors (Lipinski definition) is 1. The summed E-state index contributed by atoms with van der Waals surface area (Å²) in [5.41, 5.74) is 6.32. The number of rotatable bonds is 2. The molecule has 0 spiro atoms. The summed E-state index contributed by atoms with van der Waals surface area (Å²) in [5, 5.41) is 2.25. The maximum absolute atomic E-state index is 13.3. The molecule has 0 aliphatic heterocycles. The molecule has 0 fully saturated rings. The molecule has 0 N–H and O–H groups in total. The Labute approximate surface area is 182 Å². The second-order valence-electron chi connectivity index (χ2n) is 8.32. The Kier molecular flexibility index (Phi) is 4.15. The van der Waals surface area contributed by atoms with Gasteiger partial charge in [-0.05, 0) is 59.9 Å². The molecular weight excluding hydrogens is 409 g/mol. The zero-order valence-electron chi connectivity index (χ0n) is 17.2. The number of hydrogen-bond donors (Lipinski definition) is 0. The van der Waals surface area contributed by atoms with Gasteiger partial charge in [0.25, 0.3) is 0 Å². The smallest absolute Gasteiger partial charge is 0.334 e. The molecule has 1 aliphatic rings. The Hall–Kier alpha value is -3.60. The number of fused-ring (bicyclic) bond motifs is 6. The molecule has 2 aromatic heterocycles. The number of halogens is 3. The van der Waals surface area contributed by atoms with E-state index >= 15 is 0 Å². The van der Waals surface area contributed by atoms with Crippen LogP contribution in [0.25, 0.3) is 33.2 Å². The number of nitrogens with zero attached hydrogens (tertiary/aromatic N) is 2. The topological polar surface area (TPSA) is 17.8 Å². The van der Waals surface area contributed by atoms with Crippen molar-refractivity contribution in [3.8, 4) is 11.4 Å². The van der Waals surface area contributed by atoms with Crippen molar-refractivity contribution < 1.29 is 13.2 Å². The van der Waals surface area contributed by atoms with Crippen molar-refractivity contribution >= 4 is 21.8 Å². The molecule has 0 unspecified atom stereocenters. The van der Waals surface area contributed by atoms with Gasteiger partial charge in [0.2, 0.25) is 0 Å². The van der Waals surface area contributed by atoms with E-state index in [1.165, 1.54) is 23.3 Å². The monoisotopic (exact) mass is 428 g/mol. The van der Waals surface area contributed by atoms with Crippen molar-refractivity contribution in [2.75, 3.05) is 0 Å². The number of aryl methyl sites for hydroxylation is 2. The van der Waals surface area contributed by atoms with Crippen molar-refractivity contribution in [2.45, 2.75) is 25.6 Å². The summed E-state index contributed by atoms with van der Waals surface area (Å²) in [6.45, 7) is 0.355. The largest absolute Gasteiger partial charge is 0.416 e. The lowest BCUT2D eigenvalue weighted by molar-refractivity contribution is -0.137. The summed E-state index contributed by atoms with van der Waals surface area (Å²) in [7, 11) is 0. The van der Waals surface area contributed by atoms with Crippen molar-refractivity contribution in [1.29, 1.82) is 0 Å². The maximum Gasteiger partial charge on any atom is 0.416 e. The molecule has 3 aromatic carbocycles. The molecule has 158 valence electrons. The lowest BCUT2D eigenvalue weighted by atomic mass is 9.91. The van der Waals surface area contributed by atoms with Gasteiger partial charge in [-0.25, -0.2) is 4.98 Å². The minimum Gasteiger partial charge on any atom is -0.334 e. The summed E-state index contributed by atoms with van der Waals surface area (Å²) in [6.07, 6.45) is -2.57. The van der Waals surface area contributed by atoms with Crippen molar-refractivity contribution in [3.63, 3.8) is 0 Å². The fourth-order valence-electron chi connectivity index (χ4n) is 4.91. The van der Waals surface area contributed by atoms with E-state index in [1.807, 2.05) is 36.4 Å². The average Bonchev–Trinajstić information content (AvgIpc) is 3.11. The number of pyridine rings is 1. The summed E-state index contributed by atoms with van der Waals surface area (Å²) >= 11 is 0. The first-order chi connectivity index (χ1) is 15.5. The highest BCUT2D eigenvalue weighted by molar-refractivity contribution is 5.94. The second kappa shape index (κ2) is 6.95. The van der Waals surface area contributed by atoms with Crippen LogP contribution in [0.3, 0.4) is 0 Å². The summed E-state index contributed by atoms with van der Waals surface area (Å²) < 4.78 is 42.0. The van der Waals surface area contributed by atoms with Gasteiger partial charge in [-0.1, -0.05) is 48.5 Å². The van der Waals surface area contributed by atoms with Crippen LogP contribution < -0.4 is 0 Å². The molecule has 5 aromatic rings. The average molecular weight is 428 g/mol. The Morgan fingerprint density at radius 3 is 2.53 bits per heavy atom. The van der Waals surface area contributed by atoms with E-state index in [2.05, 4.69) is 22.8 Å². The highest BCUT2D eigenvalue weighted by Crippen LogP contribution is 2.40. The first kappa shape index (κ1) is 19.1. The Bertz CT molecular complexity index is 1490. The van der Waals surface area contributed by atoms with Crippen LogP contribution in [0.15, 0.2) is 78.9 Å². The molecule has 0 bridgehead atoms. The van der Waals surface area contributed by atoms with Crippen molar-refractivity contribution in [1.82, 2.24) is 9.55 Å². The molecule has 1 aliphatic carbocycles. The number of aromatic nitrogens is 2.